The molecule has 18 heavy (non-hydrogen) atoms. The molecule has 2 N–H and O–H groups in total. The predicted molar refractivity (Wildman–Crippen MR) is 77.9 cm³/mol. The van der Waals surface area contributed by atoms with Crippen molar-refractivity contribution in [3.05, 3.63) is 0 Å². The second-order valence-corrected chi connectivity index (χ2v) is 6.83. The zero-order chi connectivity index (χ0) is 12.8. The van der Waals surface area contributed by atoms with E-state index in [1.165, 1.54) is 37.9 Å². The molecule has 0 spiro atoms. The summed E-state index contributed by atoms with van der Waals surface area (Å²) in [6.07, 6.45) is 7.28. The Balaban J connectivity index is 1.68. The topological polar surface area (TPSA) is 41.1 Å². The molecule has 2 fully saturated rings. The average Bonchev–Trinajstić information content (AvgIpc) is 2.40. The largest absolute Gasteiger partial charge is 0.353 e. The Morgan fingerprint density at radius 1 is 1.39 bits per heavy atom. The lowest BCUT2D eigenvalue weighted by atomic mass is 9.84. The number of thioether (sulfide) groups is 1. The number of carbonyl (C=O) groups is 1. The summed E-state index contributed by atoms with van der Waals surface area (Å²) in [6.45, 7) is 3.22. The molecule has 0 aromatic carbocycles. The molecule has 1 aliphatic carbocycles. The lowest BCUT2D eigenvalue weighted by Crippen LogP contribution is -2.44. The normalized spacial score (nSPS) is 27.7. The third-order valence-electron chi connectivity index (χ3n) is 4.18. The SMILES string of the molecule is CC(NC(=O)CC1CSCCN1)C1CCCCC1. The molecule has 0 aromatic rings. The zero-order valence-electron chi connectivity index (χ0n) is 11.4. The van der Waals surface area contributed by atoms with Gasteiger partial charge in [0.15, 0.2) is 0 Å². The van der Waals surface area contributed by atoms with Gasteiger partial charge in [-0.1, -0.05) is 19.3 Å². The van der Waals surface area contributed by atoms with Crippen LogP contribution in [0.1, 0.15) is 45.4 Å². The van der Waals surface area contributed by atoms with E-state index in [2.05, 4.69) is 17.6 Å². The van der Waals surface area contributed by atoms with Gasteiger partial charge < -0.3 is 10.6 Å². The van der Waals surface area contributed by atoms with Crippen molar-refractivity contribution < 1.29 is 4.79 Å². The minimum atomic E-state index is 0.230. The Kier molecular flexibility index (Phi) is 5.83. The summed E-state index contributed by atoms with van der Waals surface area (Å²) in [5, 5.41) is 6.63. The molecule has 0 aromatic heterocycles. The van der Waals surface area contributed by atoms with Crippen molar-refractivity contribution in [2.45, 2.75) is 57.5 Å². The number of amides is 1. The van der Waals surface area contributed by atoms with Crippen molar-refractivity contribution in [1.82, 2.24) is 10.6 Å². The highest BCUT2D eigenvalue weighted by Gasteiger charge is 2.23. The number of hydrogen-bond donors (Lipinski definition) is 2. The molecular formula is C14H26N2OS. The van der Waals surface area contributed by atoms with Crippen LogP contribution in [0.25, 0.3) is 0 Å². The molecule has 2 rings (SSSR count). The minimum absolute atomic E-state index is 0.230. The van der Waals surface area contributed by atoms with E-state index in [0.717, 1.165) is 12.3 Å². The monoisotopic (exact) mass is 270 g/mol. The predicted octanol–water partition coefficient (Wildman–Crippen LogP) is 2.17. The Labute approximate surface area is 115 Å². The number of carbonyl (C=O) groups excluding carboxylic acids is 1. The number of rotatable bonds is 4. The van der Waals surface area contributed by atoms with Crippen molar-refractivity contribution >= 4 is 17.7 Å². The molecule has 3 nitrogen and oxygen atoms in total. The second-order valence-electron chi connectivity index (χ2n) is 5.68. The smallest absolute Gasteiger partial charge is 0.221 e. The van der Waals surface area contributed by atoms with Crippen LogP contribution in [0.2, 0.25) is 0 Å². The van der Waals surface area contributed by atoms with Crippen LogP contribution in [0, 0.1) is 5.92 Å². The van der Waals surface area contributed by atoms with Crippen LogP contribution in [0.15, 0.2) is 0 Å². The van der Waals surface area contributed by atoms with Crippen LogP contribution in [0.4, 0.5) is 0 Å². The van der Waals surface area contributed by atoms with E-state index < -0.39 is 0 Å². The molecule has 0 bridgehead atoms. The molecule has 1 saturated carbocycles. The first-order valence-electron chi connectivity index (χ1n) is 7.36. The van der Waals surface area contributed by atoms with E-state index in [1.807, 2.05) is 11.8 Å². The molecule has 1 heterocycles. The lowest BCUT2D eigenvalue weighted by Gasteiger charge is -2.29. The van der Waals surface area contributed by atoms with Crippen LogP contribution < -0.4 is 10.6 Å². The molecule has 2 aliphatic rings. The van der Waals surface area contributed by atoms with E-state index in [9.17, 15) is 4.79 Å². The molecule has 0 radical (unpaired) electrons. The first-order chi connectivity index (χ1) is 8.75. The number of nitrogens with one attached hydrogen (secondary N) is 2. The van der Waals surface area contributed by atoms with Gasteiger partial charge in [0.25, 0.3) is 0 Å². The quantitative estimate of drug-likeness (QED) is 0.822. The number of hydrogen-bond acceptors (Lipinski definition) is 3. The maximum absolute atomic E-state index is 12.0. The van der Waals surface area contributed by atoms with E-state index in [0.29, 0.717) is 24.4 Å². The molecule has 1 aliphatic heterocycles. The van der Waals surface area contributed by atoms with Gasteiger partial charge in [-0.05, 0) is 25.7 Å². The maximum Gasteiger partial charge on any atom is 0.221 e. The van der Waals surface area contributed by atoms with Crippen molar-refractivity contribution in [2.75, 3.05) is 18.1 Å². The Morgan fingerprint density at radius 3 is 2.83 bits per heavy atom. The molecule has 2 atom stereocenters. The zero-order valence-corrected chi connectivity index (χ0v) is 12.2. The van der Waals surface area contributed by atoms with Gasteiger partial charge in [-0.15, -0.1) is 0 Å². The van der Waals surface area contributed by atoms with E-state index in [4.69, 9.17) is 0 Å². The summed E-state index contributed by atoms with van der Waals surface area (Å²) in [5.74, 6) is 3.19. The first-order valence-corrected chi connectivity index (χ1v) is 8.51. The van der Waals surface area contributed by atoms with Crippen molar-refractivity contribution in [1.29, 1.82) is 0 Å². The van der Waals surface area contributed by atoms with Crippen LogP contribution >= 0.6 is 11.8 Å². The fourth-order valence-corrected chi connectivity index (χ4v) is 3.99. The Bertz CT molecular complexity index is 261. The summed E-state index contributed by atoms with van der Waals surface area (Å²) < 4.78 is 0. The first kappa shape index (κ1) is 14.2. The lowest BCUT2D eigenvalue weighted by molar-refractivity contribution is -0.122. The molecule has 1 amide bonds. The fraction of sp³-hybridized carbons (Fsp3) is 0.929. The van der Waals surface area contributed by atoms with Gasteiger partial charge in [-0.2, -0.15) is 11.8 Å². The molecule has 1 saturated heterocycles. The Hall–Kier alpha value is -0.220. The molecule has 2 unspecified atom stereocenters. The van der Waals surface area contributed by atoms with Gasteiger partial charge in [-0.25, -0.2) is 0 Å². The van der Waals surface area contributed by atoms with Gasteiger partial charge in [0.1, 0.15) is 0 Å². The van der Waals surface area contributed by atoms with Gasteiger partial charge in [0.2, 0.25) is 5.91 Å². The van der Waals surface area contributed by atoms with Crippen LogP contribution in [0.3, 0.4) is 0 Å². The standard InChI is InChI=1S/C14H26N2OS/c1-11(12-5-3-2-4-6-12)16-14(17)9-13-10-18-8-7-15-13/h11-13,15H,2-10H2,1H3,(H,16,17). The highest BCUT2D eigenvalue weighted by atomic mass is 32.2. The summed E-state index contributed by atoms with van der Waals surface area (Å²) in [4.78, 5) is 12.0. The highest BCUT2D eigenvalue weighted by molar-refractivity contribution is 7.99. The van der Waals surface area contributed by atoms with Crippen LogP contribution in [-0.4, -0.2) is 36.0 Å². The molecule has 4 heteroatoms. The van der Waals surface area contributed by atoms with Gasteiger partial charge >= 0.3 is 0 Å². The fourth-order valence-electron chi connectivity index (χ4n) is 3.04. The van der Waals surface area contributed by atoms with E-state index in [-0.39, 0.29) is 5.91 Å². The third-order valence-corrected chi connectivity index (χ3v) is 5.31. The van der Waals surface area contributed by atoms with Gasteiger partial charge in [0, 0.05) is 36.6 Å². The third kappa shape index (κ3) is 4.47. The Morgan fingerprint density at radius 2 is 2.17 bits per heavy atom. The van der Waals surface area contributed by atoms with Gasteiger partial charge in [0.05, 0.1) is 0 Å². The van der Waals surface area contributed by atoms with Crippen molar-refractivity contribution in [2.24, 2.45) is 5.92 Å². The summed E-state index contributed by atoms with van der Waals surface area (Å²) in [5.41, 5.74) is 0. The average molecular weight is 270 g/mol. The summed E-state index contributed by atoms with van der Waals surface area (Å²) in [6, 6.07) is 0.733. The van der Waals surface area contributed by atoms with Crippen molar-refractivity contribution in [3.8, 4) is 0 Å². The van der Waals surface area contributed by atoms with Crippen molar-refractivity contribution in [3.63, 3.8) is 0 Å². The maximum atomic E-state index is 12.0. The van der Waals surface area contributed by atoms with E-state index >= 15 is 0 Å². The molecular weight excluding hydrogens is 244 g/mol. The van der Waals surface area contributed by atoms with Crippen LogP contribution in [-0.2, 0) is 4.79 Å². The van der Waals surface area contributed by atoms with Gasteiger partial charge in [-0.3, -0.25) is 4.79 Å². The minimum Gasteiger partial charge on any atom is -0.353 e. The highest BCUT2D eigenvalue weighted by Crippen LogP contribution is 2.26. The van der Waals surface area contributed by atoms with E-state index in [1.54, 1.807) is 0 Å². The molecule has 104 valence electrons. The van der Waals surface area contributed by atoms with Crippen LogP contribution in [0.5, 0.6) is 0 Å². The summed E-state index contributed by atoms with van der Waals surface area (Å²) in [7, 11) is 0. The summed E-state index contributed by atoms with van der Waals surface area (Å²) >= 11 is 1.95. The second kappa shape index (κ2) is 7.39.